The molecule has 3 aliphatic rings. The summed E-state index contributed by atoms with van der Waals surface area (Å²) in [6.45, 7) is 2.76. The van der Waals surface area contributed by atoms with Crippen LogP contribution in [0.25, 0.3) is 11.1 Å². The lowest BCUT2D eigenvalue weighted by atomic mass is 9.88. The van der Waals surface area contributed by atoms with Crippen molar-refractivity contribution in [2.24, 2.45) is 5.92 Å². The van der Waals surface area contributed by atoms with Gasteiger partial charge in [-0.15, -0.1) is 12.4 Å². The number of likely N-dealkylation sites (tertiary alicyclic amines) is 1. The van der Waals surface area contributed by atoms with Gasteiger partial charge >= 0.3 is 5.97 Å². The molecule has 6 rings (SSSR count). The van der Waals surface area contributed by atoms with Crippen LogP contribution >= 0.6 is 24.0 Å². The van der Waals surface area contributed by atoms with Crippen molar-refractivity contribution in [3.63, 3.8) is 0 Å². The molecule has 224 valence electrons. The minimum atomic E-state index is -2.94. The molecule has 42 heavy (non-hydrogen) atoms. The number of rotatable bonds is 7. The van der Waals surface area contributed by atoms with E-state index in [-0.39, 0.29) is 18.3 Å². The van der Waals surface area contributed by atoms with Gasteiger partial charge in [0.2, 0.25) is 5.91 Å². The molecule has 0 radical (unpaired) electrons. The molecule has 0 bridgehead atoms. The van der Waals surface area contributed by atoms with Gasteiger partial charge in [-0.3, -0.25) is 9.48 Å². The topological polar surface area (TPSA) is 78.7 Å². The molecule has 2 saturated heterocycles. The number of aromatic carboxylic acids is 1. The van der Waals surface area contributed by atoms with E-state index in [1.807, 2.05) is 23.1 Å². The predicted molar refractivity (Wildman–Crippen MR) is 160 cm³/mol. The Morgan fingerprint density at radius 1 is 0.976 bits per heavy atom. The van der Waals surface area contributed by atoms with Crippen molar-refractivity contribution in [1.82, 2.24) is 14.7 Å². The van der Waals surface area contributed by atoms with E-state index in [9.17, 15) is 23.5 Å². The van der Waals surface area contributed by atoms with Crippen LogP contribution in [-0.4, -0.2) is 57.8 Å². The smallest absolute Gasteiger partial charge is 0.339 e. The van der Waals surface area contributed by atoms with E-state index in [2.05, 4.69) is 34.3 Å². The fourth-order valence-electron chi connectivity index (χ4n) is 6.39. The molecule has 3 fully saturated rings. The van der Waals surface area contributed by atoms with Crippen molar-refractivity contribution >= 4 is 41.6 Å². The molecule has 7 nitrogen and oxygen atoms in total. The highest BCUT2D eigenvalue weighted by molar-refractivity contribution is 6.31. The van der Waals surface area contributed by atoms with Crippen molar-refractivity contribution in [3.8, 4) is 11.1 Å². The molecule has 0 spiro atoms. The molecular weight excluding hydrogens is 585 g/mol. The van der Waals surface area contributed by atoms with E-state index in [4.69, 9.17) is 11.6 Å². The Morgan fingerprint density at radius 2 is 1.69 bits per heavy atom. The Kier molecular flexibility index (Phi) is 9.08. The number of hydrogen-bond acceptors (Lipinski definition) is 4. The lowest BCUT2D eigenvalue weighted by Gasteiger charge is -2.36. The summed E-state index contributed by atoms with van der Waals surface area (Å²) in [4.78, 5) is 28.1. The Bertz CT molecular complexity index is 1440. The van der Waals surface area contributed by atoms with Crippen LogP contribution in [-0.2, 0) is 4.79 Å². The van der Waals surface area contributed by atoms with Gasteiger partial charge in [-0.05, 0) is 67.7 Å². The number of anilines is 1. The third-order valence-corrected chi connectivity index (χ3v) is 8.98. The minimum Gasteiger partial charge on any atom is -0.478 e. The number of nitrogens with zero attached hydrogens (tertiary/aromatic N) is 4. The number of halogens is 4. The third-order valence-electron chi connectivity index (χ3n) is 8.74. The molecule has 2 aliphatic heterocycles. The summed E-state index contributed by atoms with van der Waals surface area (Å²) in [7, 11) is 0. The van der Waals surface area contributed by atoms with E-state index < -0.39 is 29.7 Å². The summed E-state index contributed by atoms with van der Waals surface area (Å²) in [5.74, 6) is -0.386. The molecule has 3 heterocycles. The summed E-state index contributed by atoms with van der Waals surface area (Å²) in [6, 6.07) is 13.9. The number of carboxylic acid groups (broad SMARTS) is 1. The van der Waals surface area contributed by atoms with Crippen LogP contribution in [0.1, 0.15) is 78.5 Å². The number of amides is 1. The highest BCUT2D eigenvalue weighted by Crippen LogP contribution is 2.39. The zero-order valence-corrected chi connectivity index (χ0v) is 24.7. The lowest BCUT2D eigenvalue weighted by molar-refractivity contribution is -0.133. The molecule has 1 atom stereocenters. The number of carbonyl (C=O) groups excluding carboxylic acids is 1. The summed E-state index contributed by atoms with van der Waals surface area (Å²) in [5, 5.41) is 14.0. The summed E-state index contributed by atoms with van der Waals surface area (Å²) in [5.41, 5.74) is 3.20. The first kappa shape index (κ1) is 30.3. The van der Waals surface area contributed by atoms with Gasteiger partial charge in [0, 0.05) is 48.4 Å². The molecule has 1 saturated carbocycles. The SMILES string of the molecule is Cl.O=C(O)c1cnn(C2CCCN(c3cc(Cl)ccc3-c3ccc(C4CCN(C(=O)C5CC5)CC4)cc3)C2)c1C(F)F. The van der Waals surface area contributed by atoms with Gasteiger partial charge < -0.3 is 14.9 Å². The molecular formula is C31H34Cl2F2N4O3. The van der Waals surface area contributed by atoms with Crippen molar-refractivity contribution < 1.29 is 23.5 Å². The quantitative estimate of drug-likeness (QED) is 0.302. The number of carboxylic acids is 1. The van der Waals surface area contributed by atoms with Gasteiger partial charge in [0.1, 0.15) is 11.3 Å². The molecule has 1 aliphatic carbocycles. The fraction of sp³-hybridized carbons (Fsp3) is 0.452. The maximum atomic E-state index is 13.9. The van der Waals surface area contributed by atoms with Gasteiger partial charge in [-0.25, -0.2) is 13.6 Å². The predicted octanol–water partition coefficient (Wildman–Crippen LogP) is 7.22. The Hall–Kier alpha value is -3.17. The second-order valence-corrected chi connectivity index (χ2v) is 11.8. The number of aromatic nitrogens is 2. The van der Waals surface area contributed by atoms with Crippen molar-refractivity contribution in [1.29, 1.82) is 0 Å². The van der Waals surface area contributed by atoms with E-state index in [0.717, 1.165) is 74.7 Å². The zero-order chi connectivity index (χ0) is 28.7. The largest absolute Gasteiger partial charge is 0.478 e. The average molecular weight is 620 g/mol. The van der Waals surface area contributed by atoms with Gasteiger partial charge in [0.15, 0.2) is 0 Å². The monoisotopic (exact) mass is 618 g/mol. The van der Waals surface area contributed by atoms with Gasteiger partial charge in [-0.1, -0.05) is 41.9 Å². The maximum absolute atomic E-state index is 13.9. The van der Waals surface area contributed by atoms with Gasteiger partial charge in [0.05, 0.1) is 12.2 Å². The molecule has 11 heteroatoms. The van der Waals surface area contributed by atoms with Gasteiger partial charge in [0.25, 0.3) is 6.43 Å². The Balaban J connectivity index is 0.00000353. The highest BCUT2D eigenvalue weighted by atomic mass is 35.5. The third kappa shape index (κ3) is 6.13. The number of alkyl halides is 2. The van der Waals surface area contributed by atoms with Crippen LogP contribution in [0.4, 0.5) is 14.5 Å². The maximum Gasteiger partial charge on any atom is 0.339 e. The summed E-state index contributed by atoms with van der Waals surface area (Å²) in [6.07, 6.45) is 3.45. The number of piperidine rings is 2. The number of carbonyl (C=O) groups is 2. The highest BCUT2D eigenvalue weighted by Gasteiger charge is 2.35. The second-order valence-electron chi connectivity index (χ2n) is 11.4. The van der Waals surface area contributed by atoms with Crippen LogP contribution in [0.2, 0.25) is 5.02 Å². The molecule has 1 N–H and O–H groups in total. The first-order chi connectivity index (χ1) is 19.8. The first-order valence-corrected chi connectivity index (χ1v) is 14.7. The van der Waals surface area contributed by atoms with Crippen molar-refractivity contribution in [3.05, 3.63) is 70.5 Å². The van der Waals surface area contributed by atoms with Crippen LogP contribution in [0.5, 0.6) is 0 Å². The number of benzene rings is 2. The minimum absolute atomic E-state index is 0. The molecule has 1 amide bonds. The van der Waals surface area contributed by atoms with E-state index in [1.165, 1.54) is 10.2 Å². The normalized spacial score (nSPS) is 19.6. The van der Waals surface area contributed by atoms with E-state index in [1.54, 1.807) is 0 Å². The standard InChI is InChI=1S/C31H33ClF2N4O3.ClH/c32-23-9-10-25(21-5-3-19(4-6-21)20-11-14-36(15-12-20)30(39)22-7-8-22)27(16-23)37-13-1-2-24(18-37)38-28(29(33)34)26(17-35-38)31(40)41;/h3-6,9-10,16-17,20,22,24,29H,1-2,7-8,11-15,18H2,(H,40,41);1H. The summed E-state index contributed by atoms with van der Waals surface area (Å²) >= 11 is 6.43. The van der Waals surface area contributed by atoms with Gasteiger partial charge in [-0.2, -0.15) is 5.10 Å². The summed E-state index contributed by atoms with van der Waals surface area (Å²) < 4.78 is 29.0. The molecule has 1 aromatic heterocycles. The number of hydrogen-bond donors (Lipinski definition) is 1. The average Bonchev–Trinajstić information content (AvgIpc) is 3.74. The van der Waals surface area contributed by atoms with Crippen LogP contribution in [0, 0.1) is 5.92 Å². The van der Waals surface area contributed by atoms with E-state index in [0.29, 0.717) is 29.8 Å². The fourth-order valence-corrected chi connectivity index (χ4v) is 6.55. The Labute approximate surface area is 254 Å². The van der Waals surface area contributed by atoms with Crippen LogP contribution < -0.4 is 4.90 Å². The second kappa shape index (κ2) is 12.6. The molecule has 3 aromatic rings. The molecule has 1 unspecified atom stereocenters. The lowest BCUT2D eigenvalue weighted by Crippen LogP contribution is -2.38. The van der Waals surface area contributed by atoms with Crippen molar-refractivity contribution in [2.75, 3.05) is 31.1 Å². The van der Waals surface area contributed by atoms with Crippen LogP contribution in [0.3, 0.4) is 0 Å². The van der Waals surface area contributed by atoms with Crippen LogP contribution in [0.15, 0.2) is 48.7 Å². The molecule has 2 aromatic carbocycles. The van der Waals surface area contributed by atoms with Crippen molar-refractivity contribution in [2.45, 2.75) is 56.9 Å². The Morgan fingerprint density at radius 3 is 2.33 bits per heavy atom. The van der Waals surface area contributed by atoms with E-state index >= 15 is 0 Å². The zero-order valence-electron chi connectivity index (χ0n) is 23.1. The first-order valence-electron chi connectivity index (χ1n) is 14.3.